The number of esters is 1. The van der Waals surface area contributed by atoms with Crippen LogP contribution in [0, 0.1) is 0 Å². The fraction of sp³-hybridized carbons (Fsp3) is 0.231. The SMILES string of the molecule is COC(=O)CCc1csc(-c2ccc(Cl)cc2Cl)n1. The van der Waals surface area contributed by atoms with Crippen LogP contribution in [0.15, 0.2) is 23.6 Å². The van der Waals surface area contributed by atoms with Crippen LogP contribution in [0.4, 0.5) is 0 Å². The van der Waals surface area contributed by atoms with E-state index in [1.165, 1.54) is 18.4 Å². The molecule has 19 heavy (non-hydrogen) atoms. The van der Waals surface area contributed by atoms with E-state index in [1.54, 1.807) is 12.1 Å². The van der Waals surface area contributed by atoms with Crippen molar-refractivity contribution in [2.75, 3.05) is 7.11 Å². The average Bonchev–Trinajstić information content (AvgIpc) is 2.84. The van der Waals surface area contributed by atoms with Gasteiger partial charge < -0.3 is 4.74 Å². The molecule has 0 fully saturated rings. The van der Waals surface area contributed by atoms with Crippen LogP contribution in [-0.2, 0) is 16.0 Å². The summed E-state index contributed by atoms with van der Waals surface area (Å²) in [7, 11) is 1.38. The maximum Gasteiger partial charge on any atom is 0.305 e. The Morgan fingerprint density at radius 1 is 1.42 bits per heavy atom. The van der Waals surface area contributed by atoms with Crippen molar-refractivity contribution < 1.29 is 9.53 Å². The molecule has 0 aliphatic heterocycles. The van der Waals surface area contributed by atoms with Gasteiger partial charge in [-0.25, -0.2) is 4.98 Å². The quantitative estimate of drug-likeness (QED) is 0.793. The number of hydrogen-bond donors (Lipinski definition) is 0. The van der Waals surface area contributed by atoms with Gasteiger partial charge in [-0.3, -0.25) is 4.79 Å². The van der Waals surface area contributed by atoms with Crippen molar-refractivity contribution in [3.05, 3.63) is 39.3 Å². The molecule has 3 nitrogen and oxygen atoms in total. The predicted octanol–water partition coefficient (Wildman–Crippen LogP) is 4.22. The summed E-state index contributed by atoms with van der Waals surface area (Å²) in [5.41, 5.74) is 1.71. The molecule has 0 amide bonds. The fourth-order valence-electron chi connectivity index (χ4n) is 1.54. The number of carbonyl (C=O) groups is 1. The highest BCUT2D eigenvalue weighted by Crippen LogP contribution is 2.32. The average molecular weight is 316 g/mol. The predicted molar refractivity (Wildman–Crippen MR) is 77.9 cm³/mol. The molecule has 2 rings (SSSR count). The number of methoxy groups -OCH3 is 1. The first-order valence-electron chi connectivity index (χ1n) is 5.57. The van der Waals surface area contributed by atoms with Crippen LogP contribution in [0.1, 0.15) is 12.1 Å². The van der Waals surface area contributed by atoms with Crippen LogP contribution < -0.4 is 0 Å². The lowest BCUT2D eigenvalue weighted by atomic mass is 10.2. The van der Waals surface area contributed by atoms with Gasteiger partial charge in [-0.05, 0) is 18.2 Å². The Kier molecular flexibility index (Phi) is 4.80. The van der Waals surface area contributed by atoms with Gasteiger partial charge in [0.05, 0.1) is 24.2 Å². The third kappa shape index (κ3) is 3.69. The zero-order chi connectivity index (χ0) is 13.8. The summed E-state index contributed by atoms with van der Waals surface area (Å²) in [5.74, 6) is -0.237. The van der Waals surface area contributed by atoms with Crippen molar-refractivity contribution in [3.63, 3.8) is 0 Å². The topological polar surface area (TPSA) is 39.2 Å². The Morgan fingerprint density at radius 3 is 2.89 bits per heavy atom. The van der Waals surface area contributed by atoms with Crippen molar-refractivity contribution in [1.29, 1.82) is 0 Å². The Bertz CT molecular complexity index is 598. The first kappa shape index (κ1) is 14.3. The fourth-order valence-corrected chi connectivity index (χ4v) is 2.99. The van der Waals surface area contributed by atoms with E-state index in [1.807, 2.05) is 11.4 Å². The molecule has 0 radical (unpaired) electrons. The zero-order valence-electron chi connectivity index (χ0n) is 10.2. The standard InChI is InChI=1S/C13H11Cl2NO2S/c1-18-12(17)5-3-9-7-19-13(16-9)10-4-2-8(14)6-11(10)15/h2,4,6-7H,3,5H2,1H3. The molecule has 0 saturated carbocycles. The van der Waals surface area contributed by atoms with Crippen LogP contribution in [0.3, 0.4) is 0 Å². The third-order valence-electron chi connectivity index (χ3n) is 2.53. The summed E-state index contributed by atoms with van der Waals surface area (Å²) in [4.78, 5) is 15.5. The molecule has 1 aromatic carbocycles. The summed E-state index contributed by atoms with van der Waals surface area (Å²) < 4.78 is 4.60. The number of aryl methyl sites for hydroxylation is 1. The Hall–Kier alpha value is -1.10. The van der Waals surface area contributed by atoms with Gasteiger partial charge in [0.15, 0.2) is 0 Å². The second kappa shape index (κ2) is 6.37. The number of halogens is 2. The van der Waals surface area contributed by atoms with E-state index >= 15 is 0 Å². The number of carbonyl (C=O) groups excluding carboxylic acids is 1. The molecule has 0 spiro atoms. The lowest BCUT2D eigenvalue weighted by Gasteiger charge is -2.00. The minimum absolute atomic E-state index is 0.237. The van der Waals surface area contributed by atoms with E-state index in [4.69, 9.17) is 23.2 Å². The first-order valence-corrected chi connectivity index (χ1v) is 7.20. The van der Waals surface area contributed by atoms with Gasteiger partial charge in [0.1, 0.15) is 5.01 Å². The number of ether oxygens (including phenoxy) is 1. The molecule has 0 atom stereocenters. The summed E-state index contributed by atoms with van der Waals surface area (Å²) in [5, 5.41) is 3.91. The second-order valence-electron chi connectivity index (χ2n) is 3.84. The number of rotatable bonds is 4. The van der Waals surface area contributed by atoms with Crippen LogP contribution in [0.25, 0.3) is 10.6 Å². The molecule has 0 bridgehead atoms. The highest BCUT2D eigenvalue weighted by Gasteiger charge is 2.10. The minimum Gasteiger partial charge on any atom is -0.469 e. The molecule has 100 valence electrons. The smallest absolute Gasteiger partial charge is 0.305 e. The van der Waals surface area contributed by atoms with Crippen LogP contribution in [-0.4, -0.2) is 18.1 Å². The highest BCUT2D eigenvalue weighted by molar-refractivity contribution is 7.13. The van der Waals surface area contributed by atoms with Gasteiger partial charge in [-0.15, -0.1) is 11.3 Å². The number of aromatic nitrogens is 1. The summed E-state index contributed by atoms with van der Waals surface area (Å²) >= 11 is 13.5. The third-order valence-corrected chi connectivity index (χ3v) is 4.00. The number of thiazole rings is 1. The molecule has 2 aromatic rings. The largest absolute Gasteiger partial charge is 0.469 e. The lowest BCUT2D eigenvalue weighted by Crippen LogP contribution is -2.01. The Labute approximate surface area is 125 Å². The van der Waals surface area contributed by atoms with Gasteiger partial charge >= 0.3 is 5.97 Å². The van der Waals surface area contributed by atoms with Crippen molar-refractivity contribution >= 4 is 40.5 Å². The van der Waals surface area contributed by atoms with Crippen LogP contribution >= 0.6 is 34.5 Å². The second-order valence-corrected chi connectivity index (χ2v) is 5.55. The van der Waals surface area contributed by atoms with Crippen LogP contribution in [0.2, 0.25) is 10.0 Å². The van der Waals surface area contributed by atoms with Gasteiger partial charge in [-0.1, -0.05) is 23.2 Å². The molecule has 0 aliphatic carbocycles. The summed E-state index contributed by atoms with van der Waals surface area (Å²) in [6, 6.07) is 5.31. The molecule has 0 unspecified atom stereocenters. The van der Waals surface area contributed by atoms with Gasteiger partial charge in [0, 0.05) is 22.4 Å². The molecular weight excluding hydrogens is 305 g/mol. The molecular formula is C13H11Cl2NO2S. The van der Waals surface area contributed by atoms with Crippen LogP contribution in [0.5, 0.6) is 0 Å². The normalized spacial score (nSPS) is 10.5. The Morgan fingerprint density at radius 2 is 2.21 bits per heavy atom. The van der Waals surface area contributed by atoms with Gasteiger partial charge in [0.25, 0.3) is 0 Å². The van der Waals surface area contributed by atoms with Crippen molar-refractivity contribution in [3.8, 4) is 10.6 Å². The zero-order valence-corrected chi connectivity index (χ0v) is 12.5. The first-order chi connectivity index (χ1) is 9.10. The van der Waals surface area contributed by atoms with Gasteiger partial charge in [0.2, 0.25) is 0 Å². The van der Waals surface area contributed by atoms with E-state index < -0.39 is 0 Å². The van der Waals surface area contributed by atoms with Crippen molar-refractivity contribution in [2.24, 2.45) is 0 Å². The maximum absolute atomic E-state index is 11.1. The minimum atomic E-state index is -0.237. The number of benzene rings is 1. The lowest BCUT2D eigenvalue weighted by molar-refractivity contribution is -0.140. The van der Waals surface area contributed by atoms with E-state index in [-0.39, 0.29) is 5.97 Å². The van der Waals surface area contributed by atoms with E-state index in [0.717, 1.165) is 16.3 Å². The maximum atomic E-state index is 11.1. The molecule has 1 aromatic heterocycles. The molecule has 0 aliphatic rings. The van der Waals surface area contributed by atoms with E-state index in [9.17, 15) is 4.79 Å². The Balaban J connectivity index is 2.14. The monoisotopic (exact) mass is 315 g/mol. The van der Waals surface area contributed by atoms with E-state index in [0.29, 0.717) is 22.9 Å². The summed E-state index contributed by atoms with van der Waals surface area (Å²) in [6.07, 6.45) is 0.891. The molecule has 6 heteroatoms. The van der Waals surface area contributed by atoms with Gasteiger partial charge in [-0.2, -0.15) is 0 Å². The highest BCUT2D eigenvalue weighted by atomic mass is 35.5. The number of hydrogen-bond acceptors (Lipinski definition) is 4. The van der Waals surface area contributed by atoms with Crippen molar-refractivity contribution in [1.82, 2.24) is 4.98 Å². The number of nitrogens with zero attached hydrogens (tertiary/aromatic N) is 1. The molecule has 0 N–H and O–H groups in total. The molecule has 0 saturated heterocycles. The molecule has 1 heterocycles. The van der Waals surface area contributed by atoms with E-state index in [2.05, 4.69) is 9.72 Å². The summed E-state index contributed by atoms with van der Waals surface area (Å²) in [6.45, 7) is 0. The van der Waals surface area contributed by atoms with Crippen molar-refractivity contribution in [2.45, 2.75) is 12.8 Å².